The van der Waals surface area contributed by atoms with Gasteiger partial charge in [0.05, 0.1) is 5.92 Å². The molecule has 0 aromatic heterocycles. The molecule has 1 aliphatic rings. The van der Waals surface area contributed by atoms with Gasteiger partial charge in [0.25, 0.3) is 0 Å². The second-order valence-electron chi connectivity index (χ2n) is 5.46. The van der Waals surface area contributed by atoms with Crippen molar-refractivity contribution in [2.45, 2.75) is 13.3 Å². The molecule has 0 bridgehead atoms. The summed E-state index contributed by atoms with van der Waals surface area (Å²) in [5.41, 5.74) is 0.445. The molecule has 1 amide bonds. The highest BCUT2D eigenvalue weighted by Crippen LogP contribution is 2.24. The normalized spacial score (nSPS) is 17.0. The molecule has 1 aromatic carbocycles. The summed E-state index contributed by atoms with van der Waals surface area (Å²) < 4.78 is 13.0. The fourth-order valence-corrected chi connectivity index (χ4v) is 2.36. The molecule has 1 heterocycles. The Bertz CT molecular complexity index is 529. The van der Waals surface area contributed by atoms with Crippen LogP contribution in [0.15, 0.2) is 24.3 Å². The number of amides is 1. The van der Waals surface area contributed by atoms with Gasteiger partial charge in [-0.25, -0.2) is 4.39 Å². The van der Waals surface area contributed by atoms with Crippen molar-refractivity contribution in [3.05, 3.63) is 30.1 Å². The van der Waals surface area contributed by atoms with Crippen molar-refractivity contribution in [1.29, 1.82) is 0 Å². The smallest absolute Gasteiger partial charge is 0.306 e. The van der Waals surface area contributed by atoms with Crippen molar-refractivity contribution < 1.29 is 19.1 Å². The van der Waals surface area contributed by atoms with Gasteiger partial charge in [-0.3, -0.25) is 9.59 Å². The highest BCUT2D eigenvalue weighted by atomic mass is 19.1. The van der Waals surface area contributed by atoms with Crippen molar-refractivity contribution in [1.82, 2.24) is 4.90 Å². The van der Waals surface area contributed by atoms with Gasteiger partial charge in [-0.15, -0.1) is 0 Å². The van der Waals surface area contributed by atoms with Crippen LogP contribution in [0.25, 0.3) is 0 Å². The molecule has 1 unspecified atom stereocenters. The summed E-state index contributed by atoms with van der Waals surface area (Å²) in [4.78, 5) is 24.6. The second kappa shape index (κ2) is 6.67. The maximum Gasteiger partial charge on any atom is 0.306 e. The predicted octanol–water partition coefficient (Wildman–Crippen LogP) is 1.81. The monoisotopic (exact) mass is 294 g/mol. The lowest BCUT2D eigenvalue weighted by molar-refractivity contribution is -0.145. The van der Waals surface area contributed by atoms with Crippen LogP contribution in [0.4, 0.5) is 10.1 Å². The van der Waals surface area contributed by atoms with Crippen LogP contribution in [0.5, 0.6) is 0 Å². The van der Waals surface area contributed by atoms with E-state index in [-0.39, 0.29) is 23.6 Å². The molecule has 0 saturated carbocycles. The first-order chi connectivity index (χ1) is 9.95. The molecule has 1 aromatic rings. The molecular formula is C15H19FN2O3. The SMILES string of the molecule is CC(C(=O)O)C1CN(CCC(=O)Nc2cccc(F)c2)C1. The summed E-state index contributed by atoms with van der Waals surface area (Å²) in [6.45, 7) is 3.71. The fraction of sp³-hybridized carbons (Fsp3) is 0.467. The topological polar surface area (TPSA) is 69.6 Å². The molecular weight excluding hydrogens is 275 g/mol. The molecule has 0 spiro atoms. The Balaban J connectivity index is 1.68. The molecule has 1 fully saturated rings. The van der Waals surface area contributed by atoms with E-state index in [2.05, 4.69) is 10.2 Å². The van der Waals surface area contributed by atoms with E-state index in [0.717, 1.165) is 0 Å². The zero-order chi connectivity index (χ0) is 15.4. The minimum Gasteiger partial charge on any atom is -0.481 e. The number of rotatable bonds is 6. The quantitative estimate of drug-likeness (QED) is 0.839. The molecule has 0 radical (unpaired) electrons. The van der Waals surface area contributed by atoms with Crippen LogP contribution in [0.2, 0.25) is 0 Å². The summed E-state index contributed by atoms with van der Waals surface area (Å²) in [5, 5.41) is 11.5. The summed E-state index contributed by atoms with van der Waals surface area (Å²) >= 11 is 0. The predicted molar refractivity (Wildman–Crippen MR) is 76.4 cm³/mol. The molecule has 114 valence electrons. The standard InChI is InChI=1S/C15H19FN2O3/c1-10(15(20)21)11-8-18(9-11)6-5-14(19)17-13-4-2-3-12(16)7-13/h2-4,7,10-11H,5-6,8-9H2,1H3,(H,17,19)(H,20,21). The van der Waals surface area contributed by atoms with Gasteiger partial charge in [-0.05, 0) is 24.1 Å². The lowest BCUT2D eigenvalue weighted by Crippen LogP contribution is -2.51. The number of carboxylic acid groups (broad SMARTS) is 1. The fourth-order valence-electron chi connectivity index (χ4n) is 2.36. The molecule has 1 aliphatic heterocycles. The van der Waals surface area contributed by atoms with E-state index < -0.39 is 5.97 Å². The highest BCUT2D eigenvalue weighted by Gasteiger charge is 2.34. The third-order valence-corrected chi connectivity index (χ3v) is 3.85. The molecule has 2 rings (SSSR count). The summed E-state index contributed by atoms with van der Waals surface area (Å²) in [5.74, 6) is -1.52. The van der Waals surface area contributed by atoms with Crippen molar-refractivity contribution in [3.8, 4) is 0 Å². The van der Waals surface area contributed by atoms with Crippen LogP contribution in [0.3, 0.4) is 0 Å². The van der Waals surface area contributed by atoms with E-state index >= 15 is 0 Å². The lowest BCUT2D eigenvalue weighted by atomic mass is 9.87. The molecule has 1 atom stereocenters. The molecule has 6 heteroatoms. The Kier molecular flexibility index (Phi) is 4.90. The van der Waals surface area contributed by atoms with Crippen LogP contribution < -0.4 is 5.32 Å². The number of carbonyl (C=O) groups is 2. The van der Waals surface area contributed by atoms with Crippen LogP contribution in [-0.2, 0) is 9.59 Å². The number of halogens is 1. The number of hydrogen-bond acceptors (Lipinski definition) is 3. The van der Waals surface area contributed by atoms with Gasteiger partial charge in [0.1, 0.15) is 5.82 Å². The average molecular weight is 294 g/mol. The zero-order valence-corrected chi connectivity index (χ0v) is 11.9. The maximum absolute atomic E-state index is 13.0. The number of benzene rings is 1. The number of nitrogens with zero attached hydrogens (tertiary/aromatic N) is 1. The third kappa shape index (κ3) is 4.26. The van der Waals surface area contributed by atoms with Gasteiger partial charge in [-0.1, -0.05) is 13.0 Å². The first kappa shape index (κ1) is 15.4. The third-order valence-electron chi connectivity index (χ3n) is 3.85. The number of likely N-dealkylation sites (tertiary alicyclic amines) is 1. The zero-order valence-electron chi connectivity index (χ0n) is 11.9. The number of hydrogen-bond donors (Lipinski definition) is 2. The highest BCUT2D eigenvalue weighted by molar-refractivity contribution is 5.90. The van der Waals surface area contributed by atoms with E-state index in [9.17, 15) is 14.0 Å². The van der Waals surface area contributed by atoms with Crippen molar-refractivity contribution in [3.63, 3.8) is 0 Å². The molecule has 2 N–H and O–H groups in total. The average Bonchev–Trinajstić information content (AvgIpc) is 2.36. The largest absolute Gasteiger partial charge is 0.481 e. The number of carboxylic acids is 1. The van der Waals surface area contributed by atoms with E-state index in [0.29, 0.717) is 31.7 Å². The molecule has 5 nitrogen and oxygen atoms in total. The van der Waals surface area contributed by atoms with Gasteiger partial charge in [-0.2, -0.15) is 0 Å². The number of carbonyl (C=O) groups excluding carboxylic acids is 1. The Labute approximate surface area is 122 Å². The second-order valence-corrected chi connectivity index (χ2v) is 5.46. The Morgan fingerprint density at radius 3 is 2.81 bits per heavy atom. The number of aliphatic carboxylic acids is 1. The van der Waals surface area contributed by atoms with Gasteiger partial charge in [0, 0.05) is 31.7 Å². The summed E-state index contributed by atoms with van der Waals surface area (Å²) in [6.07, 6.45) is 0.310. The van der Waals surface area contributed by atoms with E-state index in [1.54, 1.807) is 13.0 Å². The van der Waals surface area contributed by atoms with Crippen LogP contribution in [0.1, 0.15) is 13.3 Å². The first-order valence-corrected chi connectivity index (χ1v) is 6.96. The first-order valence-electron chi connectivity index (χ1n) is 6.96. The molecule has 1 saturated heterocycles. The van der Waals surface area contributed by atoms with Crippen molar-refractivity contribution in [2.75, 3.05) is 25.0 Å². The van der Waals surface area contributed by atoms with Gasteiger partial charge < -0.3 is 15.3 Å². The van der Waals surface area contributed by atoms with Crippen molar-refractivity contribution >= 4 is 17.6 Å². The van der Waals surface area contributed by atoms with Crippen LogP contribution in [0, 0.1) is 17.7 Å². The summed E-state index contributed by atoms with van der Waals surface area (Å²) in [6, 6.07) is 5.76. The van der Waals surface area contributed by atoms with Gasteiger partial charge in [0.15, 0.2) is 0 Å². The number of anilines is 1. The minimum atomic E-state index is -0.775. The van der Waals surface area contributed by atoms with E-state index in [4.69, 9.17) is 5.11 Å². The Hall–Kier alpha value is -1.95. The van der Waals surface area contributed by atoms with Crippen molar-refractivity contribution in [2.24, 2.45) is 11.8 Å². The van der Waals surface area contributed by atoms with Gasteiger partial charge in [0.2, 0.25) is 5.91 Å². The summed E-state index contributed by atoms with van der Waals surface area (Å²) in [7, 11) is 0. The Morgan fingerprint density at radius 2 is 2.19 bits per heavy atom. The lowest BCUT2D eigenvalue weighted by Gasteiger charge is -2.41. The minimum absolute atomic E-state index is 0.161. The molecule has 21 heavy (non-hydrogen) atoms. The van der Waals surface area contributed by atoms with E-state index in [1.807, 2.05) is 0 Å². The number of nitrogens with one attached hydrogen (secondary N) is 1. The molecule has 0 aliphatic carbocycles. The Morgan fingerprint density at radius 1 is 1.48 bits per heavy atom. The van der Waals surface area contributed by atoms with E-state index in [1.165, 1.54) is 18.2 Å². The van der Waals surface area contributed by atoms with Gasteiger partial charge >= 0.3 is 5.97 Å². The maximum atomic E-state index is 13.0. The van der Waals surface area contributed by atoms with Crippen LogP contribution in [-0.4, -0.2) is 41.5 Å². The van der Waals surface area contributed by atoms with Crippen LogP contribution >= 0.6 is 0 Å².